The number of carbonyl (C=O) groups is 1. The maximum Gasteiger partial charge on any atom is 0.341 e. The van der Waals surface area contributed by atoms with E-state index in [1.54, 1.807) is 0 Å². The number of carboxylic acids is 1. The number of rotatable bonds is 2. The van der Waals surface area contributed by atoms with Gasteiger partial charge in [0, 0.05) is 0 Å². The first-order valence-corrected chi connectivity index (χ1v) is 3.48. The van der Waals surface area contributed by atoms with Crippen LogP contribution in [0.1, 0.15) is 16.1 Å². The Labute approximate surface area is 78.4 Å². The quantitative estimate of drug-likeness (QED) is 0.756. The zero-order valence-electron chi connectivity index (χ0n) is 7.11. The number of hydrogen-bond acceptors (Lipinski definition) is 4. The highest BCUT2D eigenvalue weighted by molar-refractivity contribution is 5.90. The van der Waals surface area contributed by atoms with Gasteiger partial charge < -0.3 is 9.84 Å². The van der Waals surface area contributed by atoms with Gasteiger partial charge >= 0.3 is 5.97 Å². The molecule has 0 bridgehead atoms. The fourth-order valence-electron chi connectivity index (χ4n) is 0.859. The number of pyridine rings is 1. The van der Waals surface area contributed by atoms with Crippen LogP contribution in [0.25, 0.3) is 0 Å². The van der Waals surface area contributed by atoms with Crippen molar-refractivity contribution in [3.05, 3.63) is 23.1 Å². The average Bonchev–Trinajstić information content (AvgIpc) is 2.17. The lowest BCUT2D eigenvalue weighted by molar-refractivity contribution is 0.0691. The maximum absolute atomic E-state index is 12.9. The summed E-state index contributed by atoms with van der Waals surface area (Å²) in [5.41, 5.74) is -0.907. The van der Waals surface area contributed by atoms with Gasteiger partial charge in [0.25, 0.3) is 0 Å². The van der Waals surface area contributed by atoms with Crippen LogP contribution in [0.2, 0.25) is 0 Å². The van der Waals surface area contributed by atoms with E-state index in [4.69, 9.17) is 10.4 Å². The minimum atomic E-state index is -1.36. The topological polar surface area (TPSA) is 83.2 Å². The lowest BCUT2D eigenvalue weighted by atomic mass is 10.2. The number of nitriles is 1. The van der Waals surface area contributed by atoms with Crippen LogP contribution in [0.4, 0.5) is 4.39 Å². The molecule has 0 unspecified atom stereocenters. The van der Waals surface area contributed by atoms with Crippen molar-refractivity contribution in [1.82, 2.24) is 4.98 Å². The van der Waals surface area contributed by atoms with E-state index in [9.17, 15) is 9.18 Å². The minimum Gasteiger partial charge on any atom is -0.480 e. The summed E-state index contributed by atoms with van der Waals surface area (Å²) in [5, 5.41) is 17.0. The second-order valence-corrected chi connectivity index (χ2v) is 2.29. The van der Waals surface area contributed by atoms with Crippen molar-refractivity contribution in [3.63, 3.8) is 0 Å². The monoisotopic (exact) mass is 196 g/mol. The third kappa shape index (κ3) is 1.61. The van der Waals surface area contributed by atoms with Crippen LogP contribution in [0.3, 0.4) is 0 Å². The molecule has 14 heavy (non-hydrogen) atoms. The van der Waals surface area contributed by atoms with Crippen molar-refractivity contribution in [2.75, 3.05) is 7.11 Å². The maximum atomic E-state index is 12.9. The summed E-state index contributed by atoms with van der Waals surface area (Å²) in [6, 6.07) is 2.18. The molecule has 1 aromatic rings. The van der Waals surface area contributed by atoms with E-state index in [-0.39, 0.29) is 5.88 Å². The number of aromatic carboxylic acids is 1. The molecule has 0 saturated heterocycles. The SMILES string of the molecule is COc1nc(C#N)c(F)cc1C(=O)O. The van der Waals surface area contributed by atoms with Gasteiger partial charge in [-0.25, -0.2) is 9.18 Å². The van der Waals surface area contributed by atoms with Gasteiger partial charge in [-0.05, 0) is 6.07 Å². The highest BCUT2D eigenvalue weighted by atomic mass is 19.1. The molecule has 0 spiro atoms. The number of hydrogen-bond donors (Lipinski definition) is 1. The first-order chi connectivity index (χ1) is 6.60. The molecule has 1 N–H and O–H groups in total. The van der Waals surface area contributed by atoms with Crippen LogP contribution in [0, 0.1) is 17.1 Å². The summed E-state index contributed by atoms with van der Waals surface area (Å²) in [6.07, 6.45) is 0. The number of aromatic nitrogens is 1. The van der Waals surface area contributed by atoms with Gasteiger partial charge in [0.15, 0.2) is 11.5 Å². The van der Waals surface area contributed by atoms with Gasteiger partial charge in [-0.2, -0.15) is 10.2 Å². The summed E-state index contributed by atoms with van der Waals surface area (Å²) in [6.45, 7) is 0. The fourth-order valence-corrected chi connectivity index (χ4v) is 0.859. The van der Waals surface area contributed by atoms with Gasteiger partial charge in [-0.15, -0.1) is 0 Å². The molecule has 5 nitrogen and oxygen atoms in total. The van der Waals surface area contributed by atoms with Crippen molar-refractivity contribution >= 4 is 5.97 Å². The van der Waals surface area contributed by atoms with Crippen LogP contribution in [-0.4, -0.2) is 23.2 Å². The molecule has 0 saturated carbocycles. The summed E-state index contributed by atoms with van der Waals surface area (Å²) in [5.74, 6) is -2.63. The Balaban J connectivity index is 3.41. The van der Waals surface area contributed by atoms with Crippen LogP contribution < -0.4 is 4.74 Å². The van der Waals surface area contributed by atoms with Crippen molar-refractivity contribution in [2.24, 2.45) is 0 Å². The molecule has 1 rings (SSSR count). The van der Waals surface area contributed by atoms with Crippen molar-refractivity contribution in [1.29, 1.82) is 5.26 Å². The van der Waals surface area contributed by atoms with Crippen molar-refractivity contribution in [3.8, 4) is 11.9 Å². The molecule has 0 aromatic carbocycles. The molecule has 0 atom stereocenters. The van der Waals surface area contributed by atoms with Crippen molar-refractivity contribution < 1.29 is 19.0 Å². The van der Waals surface area contributed by atoms with E-state index in [1.165, 1.54) is 13.2 Å². The predicted octanol–water partition coefficient (Wildman–Crippen LogP) is 0.799. The Morgan fingerprint density at radius 2 is 2.43 bits per heavy atom. The molecule has 0 aliphatic carbocycles. The lowest BCUT2D eigenvalue weighted by Crippen LogP contribution is -2.05. The minimum absolute atomic E-state index is 0.282. The molecule has 6 heteroatoms. The average molecular weight is 196 g/mol. The molecule has 72 valence electrons. The van der Waals surface area contributed by atoms with E-state index < -0.39 is 23.0 Å². The standard InChI is InChI=1S/C8H5FN2O3/c1-14-7-4(8(12)13)2-5(9)6(3-10)11-7/h2H,1H3,(H,12,13). The molecular weight excluding hydrogens is 191 g/mol. The van der Waals surface area contributed by atoms with Crippen molar-refractivity contribution in [2.45, 2.75) is 0 Å². The first kappa shape index (κ1) is 9.92. The molecule has 0 radical (unpaired) electrons. The normalized spacial score (nSPS) is 9.21. The van der Waals surface area contributed by atoms with E-state index in [0.717, 1.165) is 0 Å². The Kier molecular flexibility index (Phi) is 2.62. The Morgan fingerprint density at radius 1 is 1.79 bits per heavy atom. The summed E-state index contributed by atoms with van der Waals surface area (Å²) < 4.78 is 17.5. The van der Waals surface area contributed by atoms with E-state index in [2.05, 4.69) is 9.72 Å². The predicted molar refractivity (Wildman–Crippen MR) is 42.4 cm³/mol. The Hall–Kier alpha value is -2.16. The van der Waals surface area contributed by atoms with Gasteiger partial charge in [-0.3, -0.25) is 0 Å². The third-order valence-corrected chi connectivity index (χ3v) is 1.47. The fraction of sp³-hybridized carbons (Fsp3) is 0.125. The van der Waals surface area contributed by atoms with Gasteiger partial charge in [-0.1, -0.05) is 0 Å². The number of ether oxygens (including phenoxy) is 1. The molecular formula is C8H5FN2O3. The lowest BCUT2D eigenvalue weighted by Gasteiger charge is -2.03. The molecule has 1 heterocycles. The second-order valence-electron chi connectivity index (χ2n) is 2.29. The van der Waals surface area contributed by atoms with E-state index >= 15 is 0 Å². The zero-order valence-corrected chi connectivity index (χ0v) is 7.11. The van der Waals surface area contributed by atoms with E-state index in [1.807, 2.05) is 0 Å². The highest BCUT2D eigenvalue weighted by Gasteiger charge is 2.17. The summed E-state index contributed by atoms with van der Waals surface area (Å²) in [7, 11) is 1.19. The molecule has 0 fully saturated rings. The molecule has 0 aliphatic rings. The number of nitrogens with zero attached hydrogens (tertiary/aromatic N) is 2. The third-order valence-electron chi connectivity index (χ3n) is 1.47. The van der Waals surface area contributed by atoms with Gasteiger partial charge in [0.05, 0.1) is 7.11 Å². The van der Waals surface area contributed by atoms with Gasteiger partial charge in [0.1, 0.15) is 11.6 Å². The van der Waals surface area contributed by atoms with Crippen LogP contribution in [-0.2, 0) is 0 Å². The Bertz CT molecular complexity index is 425. The number of carboxylic acid groups (broad SMARTS) is 1. The summed E-state index contributed by atoms with van der Waals surface area (Å²) >= 11 is 0. The van der Waals surface area contributed by atoms with Crippen LogP contribution in [0.5, 0.6) is 5.88 Å². The van der Waals surface area contributed by atoms with Gasteiger partial charge in [0.2, 0.25) is 5.88 Å². The molecule has 0 aliphatic heterocycles. The first-order valence-electron chi connectivity index (χ1n) is 3.48. The molecule has 0 amide bonds. The number of halogens is 1. The zero-order chi connectivity index (χ0) is 10.7. The summed E-state index contributed by atoms with van der Waals surface area (Å²) in [4.78, 5) is 14.0. The van der Waals surface area contributed by atoms with E-state index in [0.29, 0.717) is 6.07 Å². The largest absolute Gasteiger partial charge is 0.480 e. The molecule has 1 aromatic heterocycles. The highest BCUT2D eigenvalue weighted by Crippen LogP contribution is 2.18. The number of methoxy groups -OCH3 is 1. The van der Waals surface area contributed by atoms with Crippen LogP contribution >= 0.6 is 0 Å². The second kappa shape index (κ2) is 3.70. The van der Waals surface area contributed by atoms with Crippen LogP contribution in [0.15, 0.2) is 6.07 Å². The smallest absolute Gasteiger partial charge is 0.341 e. The Morgan fingerprint density at radius 3 is 2.86 bits per heavy atom.